The van der Waals surface area contributed by atoms with Gasteiger partial charge in [-0.2, -0.15) is 0 Å². The molecule has 0 saturated heterocycles. The SMILES string of the molecule is [B]C(N)(Cc1ccc(N(CCC)CCCl)cc1)C(=O)NC([B])(Cc1ccc(F)cc1)C(=O)OCC. The molecule has 10 heteroatoms. The van der Waals surface area contributed by atoms with Crippen LogP contribution in [0.15, 0.2) is 48.5 Å². The number of amides is 1. The number of carbonyl (C=O) groups excluding carboxylic acids is 2. The number of anilines is 1. The van der Waals surface area contributed by atoms with Crippen molar-refractivity contribution in [3.05, 3.63) is 65.5 Å². The number of nitrogens with zero attached hydrogens (tertiary/aromatic N) is 1. The fourth-order valence-corrected chi connectivity index (χ4v) is 3.86. The van der Waals surface area contributed by atoms with Crippen LogP contribution in [0, 0.1) is 5.82 Å². The molecule has 2 atom stereocenters. The molecule has 3 N–H and O–H groups in total. The van der Waals surface area contributed by atoms with Gasteiger partial charge in [0, 0.05) is 24.7 Å². The Labute approximate surface area is 214 Å². The molecule has 0 heterocycles. The van der Waals surface area contributed by atoms with E-state index in [1.807, 2.05) is 24.3 Å². The predicted octanol–water partition coefficient (Wildman–Crippen LogP) is 2.43. The lowest BCUT2D eigenvalue weighted by Gasteiger charge is -2.34. The van der Waals surface area contributed by atoms with E-state index < -0.39 is 28.6 Å². The van der Waals surface area contributed by atoms with Crippen LogP contribution in [-0.4, -0.2) is 64.0 Å². The van der Waals surface area contributed by atoms with Gasteiger partial charge in [-0.05, 0) is 61.6 Å². The largest absolute Gasteiger partial charge is 0.465 e. The average molecular weight is 498 g/mol. The third-order valence-electron chi connectivity index (χ3n) is 5.44. The second-order valence-corrected chi connectivity index (χ2v) is 8.89. The molecule has 0 aliphatic heterocycles. The van der Waals surface area contributed by atoms with Crippen molar-refractivity contribution in [1.82, 2.24) is 5.32 Å². The van der Waals surface area contributed by atoms with Gasteiger partial charge in [0.1, 0.15) is 21.5 Å². The molecule has 2 aromatic rings. The summed E-state index contributed by atoms with van der Waals surface area (Å²) in [6, 6.07) is 12.9. The minimum Gasteiger partial charge on any atom is -0.465 e. The Bertz CT molecular complexity index is 971. The van der Waals surface area contributed by atoms with Gasteiger partial charge in [0.2, 0.25) is 5.91 Å². The zero-order valence-corrected chi connectivity index (χ0v) is 21.0. The van der Waals surface area contributed by atoms with Crippen molar-refractivity contribution >= 4 is 44.9 Å². The second-order valence-electron chi connectivity index (χ2n) is 8.51. The van der Waals surface area contributed by atoms with E-state index in [4.69, 9.17) is 37.8 Å². The molecular weight excluding hydrogens is 466 g/mol. The molecule has 0 aromatic heterocycles. The number of alkyl halides is 1. The van der Waals surface area contributed by atoms with Gasteiger partial charge in [0.15, 0.2) is 0 Å². The number of esters is 1. The van der Waals surface area contributed by atoms with E-state index in [0.717, 1.165) is 30.8 Å². The molecule has 2 unspecified atom stereocenters. The molecule has 0 saturated carbocycles. The second kappa shape index (κ2) is 13.0. The van der Waals surface area contributed by atoms with Gasteiger partial charge in [-0.25, -0.2) is 4.39 Å². The Kier molecular flexibility index (Phi) is 10.7. The fraction of sp³-hybridized carbons (Fsp3) is 0.440. The first-order valence-corrected chi connectivity index (χ1v) is 12.1. The molecule has 0 bridgehead atoms. The molecule has 4 radical (unpaired) electrons. The smallest absolute Gasteiger partial charge is 0.322 e. The summed E-state index contributed by atoms with van der Waals surface area (Å²) in [5.41, 5.74) is 4.61. The summed E-state index contributed by atoms with van der Waals surface area (Å²) >= 11 is 5.91. The summed E-state index contributed by atoms with van der Waals surface area (Å²) in [5.74, 6) is -1.61. The van der Waals surface area contributed by atoms with Crippen molar-refractivity contribution in [3.8, 4) is 0 Å². The number of carbonyl (C=O) groups is 2. The van der Waals surface area contributed by atoms with E-state index in [1.165, 1.54) is 24.3 Å². The highest BCUT2D eigenvalue weighted by molar-refractivity contribution is 6.32. The van der Waals surface area contributed by atoms with Crippen LogP contribution >= 0.6 is 11.6 Å². The number of benzene rings is 2. The Morgan fingerprint density at radius 3 is 2.14 bits per heavy atom. The van der Waals surface area contributed by atoms with E-state index in [1.54, 1.807) is 6.92 Å². The topological polar surface area (TPSA) is 84.7 Å². The molecule has 1 amide bonds. The van der Waals surface area contributed by atoms with Crippen LogP contribution in [-0.2, 0) is 27.2 Å². The standard InChI is InChI=1S/C25H31B2ClFN3O3/c1-3-14-32(15-13-28)21-11-7-18(8-12-21)16-24(26,30)22(33)31-25(27,23(34)35-4-2)17-19-5-9-20(29)10-6-19/h5-12H,3-4,13-17,30H2,1-2H3,(H,31,33). The number of ether oxygens (including phenoxy) is 1. The van der Waals surface area contributed by atoms with Crippen molar-refractivity contribution in [2.45, 2.75) is 44.0 Å². The number of nitrogens with one attached hydrogen (secondary N) is 1. The highest BCUT2D eigenvalue weighted by Gasteiger charge is 2.40. The summed E-state index contributed by atoms with van der Waals surface area (Å²) in [6.07, 6.45) is 0.834. The molecule has 0 aliphatic carbocycles. The summed E-state index contributed by atoms with van der Waals surface area (Å²) in [4.78, 5) is 27.9. The fourth-order valence-electron chi connectivity index (χ4n) is 3.66. The number of halogens is 2. The summed E-state index contributed by atoms with van der Waals surface area (Å²) in [5, 5.41) is 2.46. The number of nitrogens with two attached hydrogens (primary N) is 1. The van der Waals surface area contributed by atoms with Crippen LogP contribution in [0.25, 0.3) is 0 Å². The van der Waals surface area contributed by atoms with E-state index in [9.17, 15) is 14.0 Å². The van der Waals surface area contributed by atoms with Gasteiger partial charge in [0.05, 0.1) is 17.5 Å². The van der Waals surface area contributed by atoms with E-state index in [-0.39, 0.29) is 19.4 Å². The zero-order valence-electron chi connectivity index (χ0n) is 20.2. The third-order valence-corrected chi connectivity index (χ3v) is 5.61. The molecule has 2 rings (SSSR count). The average Bonchev–Trinajstić information content (AvgIpc) is 2.81. The molecule has 0 spiro atoms. The van der Waals surface area contributed by atoms with Crippen molar-refractivity contribution < 1.29 is 18.7 Å². The number of hydrogen-bond donors (Lipinski definition) is 2. The molecule has 6 nitrogen and oxygen atoms in total. The lowest BCUT2D eigenvalue weighted by molar-refractivity contribution is -0.149. The Hall–Kier alpha value is -2.51. The maximum absolute atomic E-state index is 13.3. The van der Waals surface area contributed by atoms with E-state index >= 15 is 0 Å². The van der Waals surface area contributed by atoms with Gasteiger partial charge < -0.3 is 20.7 Å². The maximum atomic E-state index is 13.3. The maximum Gasteiger partial charge on any atom is 0.322 e. The minimum atomic E-state index is -1.94. The lowest BCUT2D eigenvalue weighted by atomic mass is 9.69. The summed E-state index contributed by atoms with van der Waals surface area (Å²) in [7, 11) is 12.4. The van der Waals surface area contributed by atoms with Crippen LogP contribution in [0.1, 0.15) is 31.4 Å². The molecular formula is C25H31B2ClFN3O3. The highest BCUT2D eigenvalue weighted by atomic mass is 35.5. The van der Waals surface area contributed by atoms with Gasteiger partial charge in [0.25, 0.3) is 0 Å². The van der Waals surface area contributed by atoms with Crippen LogP contribution in [0.5, 0.6) is 0 Å². The van der Waals surface area contributed by atoms with Gasteiger partial charge >= 0.3 is 5.97 Å². The molecule has 0 fully saturated rings. The first kappa shape index (κ1) is 28.7. The van der Waals surface area contributed by atoms with Crippen molar-refractivity contribution in [2.24, 2.45) is 5.73 Å². The minimum absolute atomic E-state index is 0.00213. The van der Waals surface area contributed by atoms with Crippen LogP contribution in [0.4, 0.5) is 10.1 Å². The monoisotopic (exact) mass is 497 g/mol. The predicted molar refractivity (Wildman–Crippen MR) is 139 cm³/mol. The molecule has 2 aromatic carbocycles. The van der Waals surface area contributed by atoms with E-state index in [2.05, 4.69) is 17.1 Å². The van der Waals surface area contributed by atoms with Crippen LogP contribution in [0.3, 0.4) is 0 Å². The first-order chi connectivity index (χ1) is 16.5. The van der Waals surface area contributed by atoms with Crippen LogP contribution < -0.4 is 16.0 Å². The van der Waals surface area contributed by atoms with Crippen LogP contribution in [0.2, 0.25) is 0 Å². The molecule has 35 heavy (non-hydrogen) atoms. The Morgan fingerprint density at radius 1 is 1.03 bits per heavy atom. The number of hydrogen-bond acceptors (Lipinski definition) is 5. The Morgan fingerprint density at radius 2 is 1.60 bits per heavy atom. The third kappa shape index (κ3) is 8.29. The first-order valence-electron chi connectivity index (χ1n) is 11.6. The van der Waals surface area contributed by atoms with Gasteiger partial charge in [-0.3, -0.25) is 9.59 Å². The van der Waals surface area contributed by atoms with Crippen molar-refractivity contribution in [3.63, 3.8) is 0 Å². The molecule has 184 valence electrons. The number of rotatable bonds is 13. The summed E-state index contributed by atoms with van der Waals surface area (Å²) < 4.78 is 18.3. The quantitative estimate of drug-likeness (QED) is 0.252. The van der Waals surface area contributed by atoms with Gasteiger partial charge in [-0.15, -0.1) is 11.6 Å². The highest BCUT2D eigenvalue weighted by Crippen LogP contribution is 2.20. The Balaban J connectivity index is 2.17. The van der Waals surface area contributed by atoms with Crippen molar-refractivity contribution in [1.29, 1.82) is 0 Å². The van der Waals surface area contributed by atoms with Gasteiger partial charge in [-0.1, -0.05) is 31.2 Å². The molecule has 0 aliphatic rings. The summed E-state index contributed by atoms with van der Waals surface area (Å²) in [6.45, 7) is 5.35. The normalized spacial score (nSPS) is 14.4. The lowest BCUT2D eigenvalue weighted by Crippen LogP contribution is -2.65. The zero-order chi connectivity index (χ0) is 26.1. The van der Waals surface area contributed by atoms with E-state index in [0.29, 0.717) is 11.4 Å². The van der Waals surface area contributed by atoms with Crippen molar-refractivity contribution in [2.75, 3.05) is 30.5 Å².